The average Bonchev–Trinajstić information content (AvgIpc) is 2.18. The second-order valence-corrected chi connectivity index (χ2v) is 4.27. The third-order valence-electron chi connectivity index (χ3n) is 3.13. The van der Waals surface area contributed by atoms with Gasteiger partial charge in [-0.2, -0.15) is 0 Å². The Balaban J connectivity index is 2.45. The molecule has 1 aliphatic rings. The maximum absolute atomic E-state index is 5.80. The van der Waals surface area contributed by atoms with Crippen LogP contribution >= 0.6 is 0 Å². The number of hydrogen-bond acceptors (Lipinski definition) is 2. The van der Waals surface area contributed by atoms with Gasteiger partial charge in [0.15, 0.2) is 0 Å². The normalized spacial score (nSPS) is 22.1. The molecule has 0 saturated heterocycles. The summed E-state index contributed by atoms with van der Waals surface area (Å²) in [6, 6.07) is 6.56. The van der Waals surface area contributed by atoms with Gasteiger partial charge < -0.3 is 10.6 Å². The van der Waals surface area contributed by atoms with Crippen molar-refractivity contribution in [3.63, 3.8) is 0 Å². The number of nitrogens with zero attached hydrogens (tertiary/aromatic N) is 1. The molecular formula is C12H18N2. The zero-order chi connectivity index (χ0) is 10.1. The van der Waals surface area contributed by atoms with Gasteiger partial charge in [0.05, 0.1) is 0 Å². The quantitative estimate of drug-likeness (QED) is 0.727. The van der Waals surface area contributed by atoms with Gasteiger partial charge in [0.25, 0.3) is 0 Å². The van der Waals surface area contributed by atoms with Crippen molar-refractivity contribution in [3.05, 3.63) is 34.9 Å². The summed E-state index contributed by atoms with van der Waals surface area (Å²) in [5, 5.41) is 0. The zero-order valence-electron chi connectivity index (χ0n) is 8.96. The monoisotopic (exact) mass is 190 g/mol. The Morgan fingerprint density at radius 3 is 3.00 bits per heavy atom. The topological polar surface area (TPSA) is 29.3 Å². The van der Waals surface area contributed by atoms with Crippen LogP contribution in [0.3, 0.4) is 0 Å². The number of hydrogen-bond donors (Lipinski definition) is 1. The summed E-state index contributed by atoms with van der Waals surface area (Å²) < 4.78 is 0. The highest BCUT2D eigenvalue weighted by molar-refractivity contribution is 5.38. The second-order valence-electron chi connectivity index (χ2n) is 4.27. The summed E-state index contributed by atoms with van der Waals surface area (Å²) in [4.78, 5) is 2.35. The summed E-state index contributed by atoms with van der Waals surface area (Å²) in [5.41, 5.74) is 10.1. The van der Waals surface area contributed by atoms with E-state index in [0.29, 0.717) is 5.92 Å². The van der Waals surface area contributed by atoms with Gasteiger partial charge >= 0.3 is 0 Å². The van der Waals surface area contributed by atoms with Crippen LogP contribution in [0, 0.1) is 6.92 Å². The molecule has 0 aromatic heterocycles. The molecule has 2 N–H and O–H groups in total. The molecule has 2 heteroatoms. The first-order valence-corrected chi connectivity index (χ1v) is 5.19. The lowest BCUT2D eigenvalue weighted by molar-refractivity contribution is 0.282. The highest BCUT2D eigenvalue weighted by atomic mass is 15.1. The molecule has 0 spiro atoms. The van der Waals surface area contributed by atoms with Crippen LogP contribution in [0.2, 0.25) is 0 Å². The predicted octanol–water partition coefficient (Wildman–Crippen LogP) is 1.48. The maximum Gasteiger partial charge on any atom is 0.0236 e. The van der Waals surface area contributed by atoms with Crippen molar-refractivity contribution in [1.29, 1.82) is 0 Å². The third-order valence-corrected chi connectivity index (χ3v) is 3.13. The first-order valence-electron chi connectivity index (χ1n) is 5.19. The maximum atomic E-state index is 5.80. The molecule has 1 aromatic carbocycles. The molecule has 1 atom stereocenters. The molecule has 1 unspecified atom stereocenters. The molecular weight excluding hydrogens is 172 g/mol. The van der Waals surface area contributed by atoms with Crippen molar-refractivity contribution >= 4 is 0 Å². The lowest BCUT2D eigenvalue weighted by Gasteiger charge is -2.32. The number of nitrogens with two attached hydrogens (primary N) is 1. The van der Waals surface area contributed by atoms with Crippen molar-refractivity contribution in [2.75, 3.05) is 20.1 Å². The highest BCUT2D eigenvalue weighted by Crippen LogP contribution is 2.28. The number of aryl methyl sites for hydroxylation is 1. The Hall–Kier alpha value is -0.860. The molecule has 0 radical (unpaired) electrons. The number of likely N-dealkylation sites (N-methyl/N-ethyl adjacent to an activating group) is 1. The van der Waals surface area contributed by atoms with Crippen LogP contribution in [-0.2, 0) is 6.54 Å². The van der Waals surface area contributed by atoms with E-state index in [4.69, 9.17) is 5.73 Å². The van der Waals surface area contributed by atoms with Gasteiger partial charge in [0, 0.05) is 25.6 Å². The summed E-state index contributed by atoms with van der Waals surface area (Å²) in [6.07, 6.45) is 0. The van der Waals surface area contributed by atoms with E-state index in [1.165, 1.54) is 16.7 Å². The largest absolute Gasteiger partial charge is 0.330 e. The third kappa shape index (κ3) is 1.56. The van der Waals surface area contributed by atoms with Crippen LogP contribution in [0.25, 0.3) is 0 Å². The van der Waals surface area contributed by atoms with E-state index in [-0.39, 0.29) is 0 Å². The molecule has 2 nitrogen and oxygen atoms in total. The first kappa shape index (κ1) is 9.69. The summed E-state index contributed by atoms with van der Waals surface area (Å²) in [5.74, 6) is 0.517. The summed E-state index contributed by atoms with van der Waals surface area (Å²) in [7, 11) is 2.16. The molecule has 14 heavy (non-hydrogen) atoms. The van der Waals surface area contributed by atoms with Crippen LogP contribution in [0.15, 0.2) is 18.2 Å². The van der Waals surface area contributed by atoms with E-state index >= 15 is 0 Å². The smallest absolute Gasteiger partial charge is 0.0236 e. The molecule has 0 bridgehead atoms. The Bertz CT molecular complexity index is 333. The molecule has 1 aromatic rings. The lowest BCUT2D eigenvalue weighted by atomic mass is 9.88. The van der Waals surface area contributed by atoms with Crippen molar-refractivity contribution in [1.82, 2.24) is 4.90 Å². The fourth-order valence-corrected chi connectivity index (χ4v) is 2.33. The Labute approximate surface area is 85.7 Å². The molecule has 0 saturated carbocycles. The first-order chi connectivity index (χ1) is 6.72. The van der Waals surface area contributed by atoms with Crippen LogP contribution in [0.1, 0.15) is 22.6 Å². The number of fused-ring (bicyclic) bond motifs is 1. The van der Waals surface area contributed by atoms with Gasteiger partial charge in [0.1, 0.15) is 0 Å². The summed E-state index contributed by atoms with van der Waals surface area (Å²) in [6.45, 7) is 5.10. The van der Waals surface area contributed by atoms with Gasteiger partial charge in [-0.1, -0.05) is 18.2 Å². The Morgan fingerprint density at radius 2 is 2.29 bits per heavy atom. The van der Waals surface area contributed by atoms with Gasteiger partial charge in [-0.15, -0.1) is 0 Å². The molecule has 0 fully saturated rings. The van der Waals surface area contributed by atoms with Gasteiger partial charge in [-0.05, 0) is 30.7 Å². The number of rotatable bonds is 1. The molecule has 1 heterocycles. The molecule has 0 aliphatic carbocycles. The molecule has 76 valence electrons. The fourth-order valence-electron chi connectivity index (χ4n) is 2.33. The SMILES string of the molecule is Cc1cccc2c1CN(C)CC2CN. The minimum absolute atomic E-state index is 0.517. The van der Waals surface area contributed by atoms with Crippen molar-refractivity contribution in [2.45, 2.75) is 19.4 Å². The minimum atomic E-state index is 0.517. The molecule has 1 aliphatic heterocycles. The van der Waals surface area contributed by atoms with Crippen LogP contribution in [0.5, 0.6) is 0 Å². The van der Waals surface area contributed by atoms with Gasteiger partial charge in [-0.25, -0.2) is 0 Å². The fraction of sp³-hybridized carbons (Fsp3) is 0.500. The van der Waals surface area contributed by atoms with Crippen LogP contribution in [0.4, 0.5) is 0 Å². The van der Waals surface area contributed by atoms with Crippen molar-refractivity contribution < 1.29 is 0 Å². The van der Waals surface area contributed by atoms with E-state index < -0.39 is 0 Å². The Morgan fingerprint density at radius 1 is 1.50 bits per heavy atom. The van der Waals surface area contributed by atoms with Gasteiger partial charge in [-0.3, -0.25) is 0 Å². The highest BCUT2D eigenvalue weighted by Gasteiger charge is 2.22. The molecule has 2 rings (SSSR count). The van der Waals surface area contributed by atoms with Crippen molar-refractivity contribution in [2.24, 2.45) is 5.73 Å². The van der Waals surface area contributed by atoms with Crippen LogP contribution < -0.4 is 5.73 Å². The zero-order valence-corrected chi connectivity index (χ0v) is 8.96. The second kappa shape index (κ2) is 3.71. The summed E-state index contributed by atoms with van der Waals surface area (Å²) >= 11 is 0. The van der Waals surface area contributed by atoms with E-state index in [9.17, 15) is 0 Å². The Kier molecular flexibility index (Phi) is 2.57. The minimum Gasteiger partial charge on any atom is -0.330 e. The van der Waals surface area contributed by atoms with Crippen LogP contribution in [-0.4, -0.2) is 25.0 Å². The van der Waals surface area contributed by atoms with Crippen molar-refractivity contribution in [3.8, 4) is 0 Å². The number of benzene rings is 1. The van der Waals surface area contributed by atoms with Gasteiger partial charge in [0.2, 0.25) is 0 Å². The average molecular weight is 190 g/mol. The standard InChI is InChI=1S/C12H18N2/c1-9-4-3-5-11-10(6-13)7-14(2)8-12(9)11/h3-5,10H,6-8,13H2,1-2H3. The lowest BCUT2D eigenvalue weighted by Crippen LogP contribution is -2.34. The van der Waals surface area contributed by atoms with E-state index in [1.54, 1.807) is 0 Å². The van der Waals surface area contributed by atoms with E-state index in [2.05, 4.69) is 37.1 Å². The van der Waals surface area contributed by atoms with E-state index in [1.807, 2.05) is 0 Å². The van der Waals surface area contributed by atoms with E-state index in [0.717, 1.165) is 19.6 Å². The molecule has 0 amide bonds. The predicted molar refractivity (Wildman–Crippen MR) is 59.3 cm³/mol.